The predicted octanol–water partition coefficient (Wildman–Crippen LogP) is 4.02. The second-order valence-electron chi connectivity index (χ2n) is 6.11. The van der Waals surface area contributed by atoms with Crippen molar-refractivity contribution in [2.24, 2.45) is 0 Å². The topological polar surface area (TPSA) is 68.8 Å². The van der Waals surface area contributed by atoms with E-state index in [9.17, 15) is 4.79 Å². The Balaban J connectivity index is 2.00. The van der Waals surface area contributed by atoms with Crippen LogP contribution in [0.1, 0.15) is 31.1 Å². The van der Waals surface area contributed by atoms with Gasteiger partial charge in [0.1, 0.15) is 18.1 Å². The number of benzene rings is 2. The van der Waals surface area contributed by atoms with E-state index in [1.54, 1.807) is 18.2 Å². The van der Waals surface area contributed by atoms with Crippen LogP contribution in [0.2, 0.25) is 0 Å². The summed E-state index contributed by atoms with van der Waals surface area (Å²) in [5.41, 5.74) is 1.08. The summed E-state index contributed by atoms with van der Waals surface area (Å²) in [4.78, 5) is 12.6. The molecular weight excluding hydrogens is 376 g/mol. The molecule has 0 aliphatic carbocycles. The van der Waals surface area contributed by atoms with Crippen LogP contribution in [0.4, 0.5) is 5.69 Å². The number of amides is 1. The molecule has 0 atom stereocenters. The van der Waals surface area contributed by atoms with Crippen molar-refractivity contribution in [1.29, 1.82) is 0 Å². The molecule has 0 spiro atoms. The third-order valence-electron chi connectivity index (χ3n) is 3.55. The first kappa shape index (κ1) is 21.7. The fourth-order valence-electron chi connectivity index (χ4n) is 2.39. The molecule has 2 rings (SSSR count). The molecule has 0 saturated heterocycles. The lowest BCUT2D eigenvalue weighted by Gasteiger charge is -2.16. The summed E-state index contributed by atoms with van der Waals surface area (Å²) >= 11 is 5.29. The van der Waals surface area contributed by atoms with Gasteiger partial charge >= 0.3 is 0 Å². The SMILES string of the molecule is CCOCCOc1ccccc1NC(=S)NC(=O)c1ccccc1OC(C)C. The first-order chi connectivity index (χ1) is 13.5. The number of thiocarbonyl (C=S) groups is 1. The van der Waals surface area contributed by atoms with E-state index < -0.39 is 0 Å². The Kier molecular flexibility index (Phi) is 8.71. The third-order valence-corrected chi connectivity index (χ3v) is 3.75. The van der Waals surface area contributed by atoms with E-state index in [2.05, 4.69) is 10.6 Å². The van der Waals surface area contributed by atoms with Crippen LogP contribution < -0.4 is 20.1 Å². The molecular formula is C21H26N2O4S. The monoisotopic (exact) mass is 402 g/mol. The number of ether oxygens (including phenoxy) is 3. The highest BCUT2D eigenvalue weighted by molar-refractivity contribution is 7.80. The molecule has 0 saturated carbocycles. The van der Waals surface area contributed by atoms with E-state index in [-0.39, 0.29) is 17.1 Å². The first-order valence-electron chi connectivity index (χ1n) is 9.18. The summed E-state index contributed by atoms with van der Waals surface area (Å²) in [5, 5.41) is 5.86. The highest BCUT2D eigenvalue weighted by Gasteiger charge is 2.15. The predicted molar refractivity (Wildman–Crippen MR) is 114 cm³/mol. The number of carbonyl (C=O) groups excluding carboxylic acids is 1. The van der Waals surface area contributed by atoms with Crippen molar-refractivity contribution in [2.75, 3.05) is 25.1 Å². The molecule has 6 nitrogen and oxygen atoms in total. The lowest BCUT2D eigenvalue weighted by Crippen LogP contribution is -2.34. The van der Waals surface area contributed by atoms with Gasteiger partial charge in [-0.2, -0.15) is 0 Å². The Morgan fingerprint density at radius 2 is 1.71 bits per heavy atom. The molecule has 0 radical (unpaired) electrons. The van der Waals surface area contributed by atoms with Gasteiger partial charge in [0.15, 0.2) is 5.11 Å². The summed E-state index contributed by atoms with van der Waals surface area (Å²) in [5.74, 6) is 0.795. The number of para-hydroxylation sites is 3. The van der Waals surface area contributed by atoms with Crippen molar-refractivity contribution < 1.29 is 19.0 Å². The van der Waals surface area contributed by atoms with Gasteiger partial charge < -0.3 is 19.5 Å². The number of hydrogen-bond donors (Lipinski definition) is 2. The van der Waals surface area contributed by atoms with Crippen LogP contribution in [0.15, 0.2) is 48.5 Å². The first-order valence-corrected chi connectivity index (χ1v) is 9.59. The summed E-state index contributed by atoms with van der Waals surface area (Å²) in [7, 11) is 0. The number of rotatable bonds is 9. The zero-order chi connectivity index (χ0) is 20.4. The lowest BCUT2D eigenvalue weighted by atomic mass is 10.2. The van der Waals surface area contributed by atoms with Crippen LogP contribution in [0.5, 0.6) is 11.5 Å². The van der Waals surface area contributed by atoms with Crippen LogP contribution >= 0.6 is 12.2 Å². The second kappa shape index (κ2) is 11.3. The molecule has 0 fully saturated rings. The molecule has 0 aromatic heterocycles. The van der Waals surface area contributed by atoms with Crippen molar-refractivity contribution in [3.8, 4) is 11.5 Å². The minimum absolute atomic E-state index is 0.0419. The third kappa shape index (κ3) is 6.83. The molecule has 150 valence electrons. The van der Waals surface area contributed by atoms with Gasteiger partial charge in [-0.25, -0.2) is 0 Å². The molecule has 2 N–H and O–H groups in total. The van der Waals surface area contributed by atoms with Gasteiger partial charge in [-0.15, -0.1) is 0 Å². The van der Waals surface area contributed by atoms with E-state index in [1.165, 1.54) is 0 Å². The van der Waals surface area contributed by atoms with Crippen LogP contribution in [0.3, 0.4) is 0 Å². The summed E-state index contributed by atoms with van der Waals surface area (Å²) < 4.78 is 16.7. The molecule has 0 bridgehead atoms. The normalized spacial score (nSPS) is 10.4. The Morgan fingerprint density at radius 1 is 1.04 bits per heavy atom. The maximum atomic E-state index is 12.6. The fraction of sp³-hybridized carbons (Fsp3) is 0.333. The van der Waals surface area contributed by atoms with Gasteiger partial charge in [0.25, 0.3) is 5.91 Å². The minimum Gasteiger partial charge on any atom is -0.490 e. The minimum atomic E-state index is -0.344. The molecule has 1 amide bonds. The Hall–Kier alpha value is -2.64. The zero-order valence-electron chi connectivity index (χ0n) is 16.4. The molecule has 7 heteroatoms. The van der Waals surface area contributed by atoms with Gasteiger partial charge in [-0.05, 0) is 57.3 Å². The molecule has 0 heterocycles. The molecule has 0 aliphatic heterocycles. The van der Waals surface area contributed by atoms with E-state index in [1.807, 2.05) is 51.1 Å². The maximum Gasteiger partial charge on any atom is 0.261 e. The summed E-state index contributed by atoms with van der Waals surface area (Å²) in [6, 6.07) is 14.4. The van der Waals surface area contributed by atoms with Crippen molar-refractivity contribution in [3.05, 3.63) is 54.1 Å². The Bertz CT molecular complexity index is 795. The van der Waals surface area contributed by atoms with Gasteiger partial charge in [-0.1, -0.05) is 24.3 Å². The number of hydrogen-bond acceptors (Lipinski definition) is 5. The zero-order valence-corrected chi connectivity index (χ0v) is 17.2. The van der Waals surface area contributed by atoms with Crippen LogP contribution in [0.25, 0.3) is 0 Å². The second-order valence-corrected chi connectivity index (χ2v) is 6.52. The molecule has 28 heavy (non-hydrogen) atoms. The fourth-order valence-corrected chi connectivity index (χ4v) is 2.59. The lowest BCUT2D eigenvalue weighted by molar-refractivity contribution is 0.0972. The molecule has 2 aromatic rings. The maximum absolute atomic E-state index is 12.6. The van der Waals surface area contributed by atoms with Crippen molar-refractivity contribution in [3.63, 3.8) is 0 Å². The van der Waals surface area contributed by atoms with E-state index in [0.29, 0.717) is 42.6 Å². The van der Waals surface area contributed by atoms with Crippen molar-refractivity contribution in [1.82, 2.24) is 5.32 Å². The van der Waals surface area contributed by atoms with Crippen LogP contribution in [-0.2, 0) is 4.74 Å². The van der Waals surface area contributed by atoms with Gasteiger partial charge in [0.2, 0.25) is 0 Å². The number of carbonyl (C=O) groups is 1. The van der Waals surface area contributed by atoms with Gasteiger partial charge in [0, 0.05) is 6.61 Å². The average Bonchev–Trinajstić information content (AvgIpc) is 2.66. The van der Waals surface area contributed by atoms with Gasteiger partial charge in [0.05, 0.1) is 24.0 Å². The standard InChI is InChI=1S/C21H26N2O4S/c1-4-25-13-14-26-19-12-8-6-10-17(19)22-21(28)23-20(24)16-9-5-7-11-18(16)27-15(2)3/h5-12,15H,4,13-14H2,1-3H3,(H2,22,23,24,28). The van der Waals surface area contributed by atoms with Crippen molar-refractivity contribution >= 4 is 28.9 Å². The van der Waals surface area contributed by atoms with Crippen molar-refractivity contribution in [2.45, 2.75) is 26.9 Å². The molecule has 0 aliphatic rings. The Labute approximate surface area is 171 Å². The van der Waals surface area contributed by atoms with Crippen LogP contribution in [-0.4, -0.2) is 36.9 Å². The highest BCUT2D eigenvalue weighted by Crippen LogP contribution is 2.24. The average molecular weight is 403 g/mol. The van der Waals surface area contributed by atoms with Gasteiger partial charge in [-0.3, -0.25) is 10.1 Å². The van der Waals surface area contributed by atoms with Crippen LogP contribution in [0, 0.1) is 0 Å². The molecule has 0 unspecified atom stereocenters. The largest absolute Gasteiger partial charge is 0.490 e. The number of nitrogens with one attached hydrogen (secondary N) is 2. The smallest absolute Gasteiger partial charge is 0.261 e. The van der Waals surface area contributed by atoms with E-state index in [4.69, 9.17) is 26.4 Å². The quantitative estimate of drug-likeness (QED) is 0.488. The van der Waals surface area contributed by atoms with E-state index >= 15 is 0 Å². The molecule has 2 aromatic carbocycles. The Morgan fingerprint density at radius 3 is 2.43 bits per heavy atom. The highest BCUT2D eigenvalue weighted by atomic mass is 32.1. The summed E-state index contributed by atoms with van der Waals surface area (Å²) in [6.07, 6.45) is -0.0419. The number of anilines is 1. The van der Waals surface area contributed by atoms with E-state index in [0.717, 1.165) is 0 Å². The summed E-state index contributed by atoms with van der Waals surface area (Å²) in [6.45, 7) is 7.30.